The van der Waals surface area contributed by atoms with Gasteiger partial charge in [-0.3, -0.25) is 9.97 Å². The van der Waals surface area contributed by atoms with E-state index in [-0.39, 0.29) is 11.2 Å². The third kappa shape index (κ3) is 5.27. The largest absolute Gasteiger partial charge is 0.507 e. The number of benzene rings is 4. The Morgan fingerprint density at radius 1 is 0.600 bits per heavy atom. The second-order valence-electron chi connectivity index (χ2n) is 12.4. The van der Waals surface area contributed by atoms with Crippen LogP contribution in [0.2, 0.25) is 0 Å². The van der Waals surface area contributed by atoms with Gasteiger partial charge in [0.25, 0.3) is 0 Å². The number of fused-ring (bicyclic) bond motifs is 1. The molecule has 0 saturated carbocycles. The molecule has 0 radical (unpaired) electrons. The van der Waals surface area contributed by atoms with Gasteiger partial charge in [0.2, 0.25) is 0 Å². The first-order valence-corrected chi connectivity index (χ1v) is 15.1. The zero-order valence-corrected chi connectivity index (χ0v) is 25.9. The Morgan fingerprint density at radius 3 is 2.00 bits per heavy atom. The fourth-order valence-corrected chi connectivity index (χ4v) is 5.98. The number of rotatable bonds is 5. The van der Waals surface area contributed by atoms with Crippen molar-refractivity contribution >= 4 is 11.0 Å². The zero-order valence-electron chi connectivity index (χ0n) is 25.9. The topological polar surface area (TPSA) is 63.8 Å². The summed E-state index contributed by atoms with van der Waals surface area (Å²) in [6.45, 7) is 6.30. The van der Waals surface area contributed by atoms with Gasteiger partial charge in [-0.15, -0.1) is 0 Å². The van der Waals surface area contributed by atoms with Gasteiger partial charge in [0.05, 0.1) is 22.5 Å². The maximum atomic E-state index is 11.3. The number of pyridine rings is 2. The van der Waals surface area contributed by atoms with Gasteiger partial charge in [-0.1, -0.05) is 106 Å². The van der Waals surface area contributed by atoms with Crippen LogP contribution in [0.1, 0.15) is 26.3 Å². The molecule has 45 heavy (non-hydrogen) atoms. The van der Waals surface area contributed by atoms with E-state index in [0.29, 0.717) is 11.4 Å². The van der Waals surface area contributed by atoms with Crippen LogP contribution in [0.5, 0.6) is 5.75 Å². The first kappa shape index (κ1) is 28.2. The van der Waals surface area contributed by atoms with E-state index >= 15 is 0 Å². The maximum absolute atomic E-state index is 11.3. The fourth-order valence-electron chi connectivity index (χ4n) is 5.98. The molecular weight excluding hydrogens is 552 g/mol. The number of hydrogen-bond acceptors (Lipinski definition) is 4. The molecule has 0 saturated heterocycles. The number of aromatic hydroxyl groups is 1. The lowest BCUT2D eigenvalue weighted by Crippen LogP contribution is -2.11. The van der Waals surface area contributed by atoms with Crippen molar-refractivity contribution in [2.24, 2.45) is 7.05 Å². The Bertz CT molecular complexity index is 2160. The molecule has 0 aliphatic carbocycles. The van der Waals surface area contributed by atoms with Gasteiger partial charge in [-0.25, -0.2) is 4.98 Å². The van der Waals surface area contributed by atoms with Crippen molar-refractivity contribution < 1.29 is 5.11 Å². The first-order chi connectivity index (χ1) is 21.8. The molecule has 0 spiro atoms. The van der Waals surface area contributed by atoms with Gasteiger partial charge in [-0.05, 0) is 63.6 Å². The number of para-hydroxylation sites is 1. The lowest BCUT2D eigenvalue weighted by atomic mass is 9.85. The Kier molecular flexibility index (Phi) is 7.01. The maximum Gasteiger partial charge on any atom is 0.144 e. The first-order valence-electron chi connectivity index (χ1n) is 15.1. The average Bonchev–Trinajstić information content (AvgIpc) is 3.41. The quantitative estimate of drug-likeness (QED) is 0.218. The van der Waals surface area contributed by atoms with Crippen LogP contribution in [-0.2, 0) is 12.5 Å². The zero-order chi connectivity index (χ0) is 31.1. The Hall–Kier alpha value is -5.55. The van der Waals surface area contributed by atoms with Crippen molar-refractivity contribution in [3.05, 3.63) is 133 Å². The second-order valence-corrected chi connectivity index (χ2v) is 12.4. The summed E-state index contributed by atoms with van der Waals surface area (Å²) in [5.74, 6) is 0.965. The number of aromatic nitrogens is 4. The van der Waals surface area contributed by atoms with Crippen molar-refractivity contribution in [2.75, 3.05) is 0 Å². The molecule has 7 aromatic rings. The van der Waals surface area contributed by atoms with Gasteiger partial charge in [-0.2, -0.15) is 0 Å². The molecule has 0 unspecified atom stereocenters. The van der Waals surface area contributed by atoms with Gasteiger partial charge >= 0.3 is 0 Å². The molecule has 4 aromatic carbocycles. The van der Waals surface area contributed by atoms with Crippen LogP contribution in [0, 0.1) is 0 Å². The van der Waals surface area contributed by atoms with E-state index in [1.54, 1.807) is 0 Å². The van der Waals surface area contributed by atoms with Gasteiger partial charge < -0.3 is 9.67 Å². The lowest BCUT2D eigenvalue weighted by Gasteiger charge is -2.21. The Labute approximate surface area is 263 Å². The molecule has 220 valence electrons. The smallest absolute Gasteiger partial charge is 0.144 e. The summed E-state index contributed by atoms with van der Waals surface area (Å²) in [6.07, 6.45) is 3.68. The van der Waals surface area contributed by atoms with Crippen molar-refractivity contribution in [3.63, 3.8) is 0 Å². The fraction of sp³-hybridized carbons (Fsp3) is 0.125. The standard InChI is InChI=1S/C40H34N4O/c1-40(2,3)33-15-9-14-32(38(33)45)39-43-37-35(44(39)4)21-23-42-36(37)31-13-8-12-30(24-31)34-25-29(20-22-41-34)28-18-16-27(17-19-28)26-10-6-5-7-11-26/h5-25,45H,1-4H3. The van der Waals surface area contributed by atoms with Crippen LogP contribution >= 0.6 is 0 Å². The third-order valence-corrected chi connectivity index (χ3v) is 8.40. The van der Waals surface area contributed by atoms with E-state index in [9.17, 15) is 5.11 Å². The number of hydrogen-bond donors (Lipinski definition) is 1. The van der Waals surface area contributed by atoms with Crippen LogP contribution in [0.3, 0.4) is 0 Å². The van der Waals surface area contributed by atoms with E-state index in [1.807, 2.05) is 66.5 Å². The molecule has 7 rings (SSSR count). The summed E-state index contributed by atoms with van der Waals surface area (Å²) >= 11 is 0. The van der Waals surface area contributed by atoms with Crippen LogP contribution < -0.4 is 0 Å². The molecule has 0 bridgehead atoms. The predicted octanol–water partition coefficient (Wildman–Crippen LogP) is 9.70. The monoisotopic (exact) mass is 586 g/mol. The molecule has 1 N–H and O–H groups in total. The van der Waals surface area contributed by atoms with Crippen molar-refractivity contribution in [1.82, 2.24) is 19.5 Å². The highest BCUT2D eigenvalue weighted by atomic mass is 16.3. The van der Waals surface area contributed by atoms with Crippen LogP contribution in [0.15, 0.2) is 128 Å². The lowest BCUT2D eigenvalue weighted by molar-refractivity contribution is 0.448. The minimum Gasteiger partial charge on any atom is -0.507 e. The molecule has 5 nitrogen and oxygen atoms in total. The number of aryl methyl sites for hydroxylation is 1. The minimum absolute atomic E-state index is 0.200. The molecule has 0 fully saturated rings. The van der Waals surface area contributed by atoms with Gasteiger partial charge in [0.15, 0.2) is 0 Å². The van der Waals surface area contributed by atoms with Gasteiger partial charge in [0, 0.05) is 30.6 Å². The van der Waals surface area contributed by atoms with Crippen LogP contribution in [0.25, 0.3) is 67.2 Å². The van der Waals surface area contributed by atoms with E-state index in [1.165, 1.54) is 11.1 Å². The Morgan fingerprint density at radius 2 is 1.24 bits per heavy atom. The summed E-state index contributed by atoms with van der Waals surface area (Å²) in [7, 11) is 1.98. The van der Waals surface area contributed by atoms with E-state index in [2.05, 4.69) is 93.6 Å². The van der Waals surface area contributed by atoms with Crippen LogP contribution in [0.4, 0.5) is 0 Å². The summed E-state index contributed by atoms with van der Waals surface area (Å²) in [5, 5.41) is 11.3. The Balaban J connectivity index is 1.25. The number of nitrogens with zero attached hydrogens (tertiary/aromatic N) is 4. The highest BCUT2D eigenvalue weighted by molar-refractivity contribution is 5.93. The molecule has 0 atom stereocenters. The summed E-state index contributed by atoms with van der Waals surface area (Å²) in [4.78, 5) is 14.6. The minimum atomic E-state index is -0.200. The van der Waals surface area contributed by atoms with Crippen LogP contribution in [-0.4, -0.2) is 24.6 Å². The van der Waals surface area contributed by atoms with Gasteiger partial charge in [0.1, 0.15) is 17.1 Å². The molecular formula is C40H34N4O. The predicted molar refractivity (Wildman–Crippen MR) is 184 cm³/mol. The summed E-state index contributed by atoms with van der Waals surface area (Å²) in [6, 6.07) is 39.4. The average molecular weight is 587 g/mol. The SMILES string of the molecule is Cn1c(-c2cccc(C(C)(C)C)c2O)nc2c(-c3cccc(-c4cc(-c5ccc(-c6ccccc6)cc5)ccn4)c3)nccc21. The molecule has 3 heterocycles. The number of phenols is 1. The molecule has 5 heteroatoms. The third-order valence-electron chi connectivity index (χ3n) is 8.40. The van der Waals surface area contributed by atoms with E-state index in [0.717, 1.165) is 50.2 Å². The normalized spacial score (nSPS) is 11.6. The summed E-state index contributed by atoms with van der Waals surface area (Å²) in [5.41, 5.74) is 11.4. The van der Waals surface area contributed by atoms with E-state index in [4.69, 9.17) is 15.0 Å². The number of imidazole rings is 1. The van der Waals surface area contributed by atoms with Crippen molar-refractivity contribution in [1.29, 1.82) is 0 Å². The highest BCUT2D eigenvalue weighted by Crippen LogP contribution is 2.40. The number of phenolic OH excluding ortho intramolecular Hbond substituents is 1. The van der Waals surface area contributed by atoms with Crippen molar-refractivity contribution in [3.8, 4) is 61.9 Å². The van der Waals surface area contributed by atoms with E-state index < -0.39 is 0 Å². The second kappa shape index (κ2) is 11.2. The summed E-state index contributed by atoms with van der Waals surface area (Å²) < 4.78 is 2.03. The molecule has 0 amide bonds. The highest BCUT2D eigenvalue weighted by Gasteiger charge is 2.23. The molecule has 3 aromatic heterocycles. The molecule has 0 aliphatic rings. The molecule has 0 aliphatic heterocycles. The van der Waals surface area contributed by atoms with Crippen molar-refractivity contribution in [2.45, 2.75) is 26.2 Å².